The van der Waals surface area contributed by atoms with Gasteiger partial charge in [-0.25, -0.2) is 4.98 Å². The first-order chi connectivity index (χ1) is 10.5. The maximum Gasteiger partial charge on any atom is 0.293 e. The van der Waals surface area contributed by atoms with E-state index in [0.29, 0.717) is 24.6 Å². The molecule has 1 aliphatic heterocycles. The molecular formula is C14H14ClN3O3S. The fourth-order valence-corrected chi connectivity index (χ4v) is 3.41. The smallest absolute Gasteiger partial charge is 0.293 e. The number of amides is 2. The van der Waals surface area contributed by atoms with Crippen molar-refractivity contribution in [3.8, 4) is 0 Å². The molecule has 0 aromatic carbocycles. The number of thiazole rings is 1. The molecule has 1 unspecified atom stereocenters. The number of carbonyl (C=O) groups is 2. The molecule has 8 heteroatoms. The van der Waals surface area contributed by atoms with Gasteiger partial charge in [-0.2, -0.15) is 0 Å². The molecule has 0 radical (unpaired) electrons. The maximum absolute atomic E-state index is 11.9. The van der Waals surface area contributed by atoms with Crippen LogP contribution in [-0.2, 0) is 17.8 Å². The van der Waals surface area contributed by atoms with Crippen LogP contribution in [0.2, 0.25) is 0 Å². The van der Waals surface area contributed by atoms with Gasteiger partial charge in [0.05, 0.1) is 18.5 Å². The van der Waals surface area contributed by atoms with Gasteiger partial charge in [0.15, 0.2) is 10.9 Å². The number of fused-ring (bicyclic) bond motifs is 1. The summed E-state index contributed by atoms with van der Waals surface area (Å²) in [7, 11) is 0. The molecule has 3 heterocycles. The number of rotatable bonds is 3. The predicted octanol–water partition coefficient (Wildman–Crippen LogP) is 2.50. The SMILES string of the molecule is CC(Cl)C(=O)N1CCc2nc(NC(=O)c3ccco3)sc2C1. The molecular weight excluding hydrogens is 326 g/mol. The van der Waals surface area contributed by atoms with Crippen LogP contribution in [0.1, 0.15) is 28.0 Å². The number of hydrogen-bond donors (Lipinski definition) is 1. The molecule has 1 aliphatic rings. The molecule has 1 N–H and O–H groups in total. The van der Waals surface area contributed by atoms with Crippen molar-refractivity contribution >= 4 is 39.9 Å². The first kappa shape index (κ1) is 15.1. The molecule has 0 saturated carbocycles. The van der Waals surface area contributed by atoms with Crippen molar-refractivity contribution < 1.29 is 14.0 Å². The minimum atomic E-state index is -0.535. The highest BCUT2D eigenvalue weighted by molar-refractivity contribution is 7.15. The average molecular weight is 340 g/mol. The molecule has 0 fully saturated rings. The summed E-state index contributed by atoms with van der Waals surface area (Å²) in [4.78, 5) is 31.0. The van der Waals surface area contributed by atoms with Gasteiger partial charge < -0.3 is 9.32 Å². The maximum atomic E-state index is 11.9. The fourth-order valence-electron chi connectivity index (χ4n) is 2.26. The van der Waals surface area contributed by atoms with Crippen molar-refractivity contribution in [2.24, 2.45) is 0 Å². The second-order valence-corrected chi connectivity index (χ2v) is 6.68. The van der Waals surface area contributed by atoms with Gasteiger partial charge in [0.25, 0.3) is 5.91 Å². The van der Waals surface area contributed by atoms with E-state index in [1.807, 2.05) is 0 Å². The molecule has 0 saturated heterocycles. The van der Waals surface area contributed by atoms with Gasteiger partial charge in [-0.05, 0) is 19.1 Å². The van der Waals surface area contributed by atoms with Gasteiger partial charge in [0.2, 0.25) is 5.91 Å². The Labute approximate surface area is 136 Å². The Hall–Kier alpha value is -1.86. The van der Waals surface area contributed by atoms with Crippen molar-refractivity contribution in [2.45, 2.75) is 25.3 Å². The zero-order valence-corrected chi connectivity index (χ0v) is 13.4. The van der Waals surface area contributed by atoms with Gasteiger partial charge in [-0.3, -0.25) is 14.9 Å². The molecule has 3 rings (SSSR count). The number of nitrogens with one attached hydrogen (secondary N) is 1. The van der Waals surface area contributed by atoms with E-state index >= 15 is 0 Å². The van der Waals surface area contributed by atoms with Gasteiger partial charge in [-0.1, -0.05) is 11.3 Å². The normalized spacial score (nSPS) is 15.3. The molecule has 2 amide bonds. The first-order valence-corrected chi connectivity index (χ1v) is 8.06. The van der Waals surface area contributed by atoms with Gasteiger partial charge in [-0.15, -0.1) is 11.6 Å². The number of carbonyl (C=O) groups excluding carboxylic acids is 2. The second kappa shape index (κ2) is 6.10. The van der Waals surface area contributed by atoms with E-state index in [1.165, 1.54) is 17.6 Å². The molecule has 2 aromatic rings. The summed E-state index contributed by atoms with van der Waals surface area (Å²) in [5.74, 6) is -0.179. The summed E-state index contributed by atoms with van der Waals surface area (Å²) in [6, 6.07) is 3.24. The largest absolute Gasteiger partial charge is 0.459 e. The van der Waals surface area contributed by atoms with Crippen LogP contribution in [0.5, 0.6) is 0 Å². The van der Waals surface area contributed by atoms with Crippen LogP contribution in [0.3, 0.4) is 0 Å². The quantitative estimate of drug-likeness (QED) is 0.872. The lowest BCUT2D eigenvalue weighted by atomic mass is 10.1. The summed E-state index contributed by atoms with van der Waals surface area (Å²) in [6.45, 7) is 2.75. The van der Waals surface area contributed by atoms with Crippen molar-refractivity contribution in [1.82, 2.24) is 9.88 Å². The summed E-state index contributed by atoms with van der Waals surface area (Å²) >= 11 is 7.22. The summed E-state index contributed by atoms with van der Waals surface area (Å²) in [6.07, 6.45) is 2.11. The first-order valence-electron chi connectivity index (χ1n) is 6.81. The number of furan rings is 1. The highest BCUT2D eigenvalue weighted by atomic mass is 35.5. The summed E-state index contributed by atoms with van der Waals surface area (Å²) < 4.78 is 5.04. The Balaban J connectivity index is 1.71. The Kier molecular flexibility index (Phi) is 4.17. The summed E-state index contributed by atoms with van der Waals surface area (Å²) in [5, 5.41) is 2.69. The number of nitrogens with zero attached hydrogens (tertiary/aromatic N) is 2. The van der Waals surface area contributed by atoms with Crippen LogP contribution in [0, 0.1) is 0 Å². The van der Waals surface area contributed by atoms with E-state index in [0.717, 1.165) is 10.6 Å². The monoisotopic (exact) mass is 339 g/mol. The number of alkyl halides is 1. The Bertz CT molecular complexity index is 696. The van der Waals surface area contributed by atoms with E-state index < -0.39 is 5.38 Å². The lowest BCUT2D eigenvalue weighted by molar-refractivity contribution is -0.131. The number of hydrogen-bond acceptors (Lipinski definition) is 5. The van der Waals surface area contributed by atoms with Gasteiger partial charge in [0, 0.05) is 17.8 Å². The van der Waals surface area contributed by atoms with Crippen LogP contribution < -0.4 is 5.32 Å². The average Bonchev–Trinajstić information content (AvgIpc) is 3.14. The highest BCUT2D eigenvalue weighted by Crippen LogP contribution is 2.29. The van der Waals surface area contributed by atoms with E-state index in [9.17, 15) is 9.59 Å². The van der Waals surface area contributed by atoms with E-state index in [1.54, 1.807) is 24.0 Å². The van der Waals surface area contributed by atoms with Crippen LogP contribution >= 0.6 is 22.9 Å². The molecule has 0 bridgehead atoms. The van der Waals surface area contributed by atoms with Crippen LogP contribution in [0.25, 0.3) is 0 Å². The van der Waals surface area contributed by atoms with Crippen molar-refractivity contribution in [1.29, 1.82) is 0 Å². The van der Waals surface area contributed by atoms with Crippen molar-refractivity contribution in [3.63, 3.8) is 0 Å². The number of anilines is 1. The predicted molar refractivity (Wildman–Crippen MR) is 83.2 cm³/mol. The molecule has 1 atom stereocenters. The third-order valence-electron chi connectivity index (χ3n) is 3.35. The van der Waals surface area contributed by atoms with E-state index in [-0.39, 0.29) is 17.6 Å². The number of halogens is 1. The fraction of sp³-hybridized carbons (Fsp3) is 0.357. The van der Waals surface area contributed by atoms with Gasteiger partial charge in [0.1, 0.15) is 5.38 Å². The molecule has 0 aliphatic carbocycles. The molecule has 6 nitrogen and oxygen atoms in total. The Morgan fingerprint density at radius 3 is 3.05 bits per heavy atom. The minimum absolute atomic E-state index is 0.0816. The van der Waals surface area contributed by atoms with Crippen LogP contribution in [-0.4, -0.2) is 33.6 Å². The Morgan fingerprint density at radius 1 is 1.55 bits per heavy atom. The zero-order chi connectivity index (χ0) is 15.7. The third-order valence-corrected chi connectivity index (χ3v) is 4.53. The van der Waals surface area contributed by atoms with Crippen LogP contribution in [0.15, 0.2) is 22.8 Å². The number of aromatic nitrogens is 1. The topological polar surface area (TPSA) is 75.4 Å². The Morgan fingerprint density at radius 2 is 2.36 bits per heavy atom. The second-order valence-electron chi connectivity index (χ2n) is 4.95. The van der Waals surface area contributed by atoms with E-state index in [4.69, 9.17) is 16.0 Å². The van der Waals surface area contributed by atoms with E-state index in [2.05, 4.69) is 10.3 Å². The molecule has 116 valence electrons. The lowest BCUT2D eigenvalue weighted by Gasteiger charge is -2.26. The lowest BCUT2D eigenvalue weighted by Crippen LogP contribution is -2.39. The van der Waals surface area contributed by atoms with Crippen molar-refractivity contribution in [3.05, 3.63) is 34.7 Å². The standard InChI is InChI=1S/C14H14ClN3O3S/c1-8(15)13(20)18-5-4-9-11(7-18)22-14(16-9)17-12(19)10-3-2-6-21-10/h2-3,6,8H,4-5,7H2,1H3,(H,16,17,19). The minimum Gasteiger partial charge on any atom is -0.459 e. The van der Waals surface area contributed by atoms with Gasteiger partial charge >= 0.3 is 0 Å². The van der Waals surface area contributed by atoms with Crippen molar-refractivity contribution in [2.75, 3.05) is 11.9 Å². The summed E-state index contributed by atoms with van der Waals surface area (Å²) in [5.41, 5.74) is 0.922. The third kappa shape index (κ3) is 3.00. The zero-order valence-electron chi connectivity index (χ0n) is 11.8. The van der Waals surface area contributed by atoms with Crippen LogP contribution in [0.4, 0.5) is 5.13 Å². The molecule has 22 heavy (non-hydrogen) atoms. The molecule has 0 spiro atoms. The highest BCUT2D eigenvalue weighted by Gasteiger charge is 2.26. The molecule has 2 aromatic heterocycles.